The van der Waals surface area contributed by atoms with Crippen molar-refractivity contribution in [3.05, 3.63) is 51.8 Å². The number of nitrogens with zero attached hydrogens (tertiary/aromatic N) is 3. The van der Waals surface area contributed by atoms with Crippen LogP contribution in [0.25, 0.3) is 10.2 Å². The predicted molar refractivity (Wildman–Crippen MR) is 111 cm³/mol. The van der Waals surface area contributed by atoms with E-state index in [4.69, 9.17) is 27.9 Å². The molecule has 9 heteroatoms. The Hall–Kier alpha value is -2.09. The first-order chi connectivity index (χ1) is 13.5. The van der Waals surface area contributed by atoms with Crippen molar-refractivity contribution in [2.75, 3.05) is 38.2 Å². The molecule has 0 spiro atoms. The van der Waals surface area contributed by atoms with Gasteiger partial charge in [-0.25, -0.2) is 9.37 Å². The molecular weight excluding hydrogens is 424 g/mol. The number of methoxy groups -OCH3 is 1. The molecule has 0 N–H and O–H groups in total. The highest BCUT2D eigenvalue weighted by atomic mass is 35.5. The van der Waals surface area contributed by atoms with Gasteiger partial charge < -0.3 is 14.5 Å². The van der Waals surface area contributed by atoms with Gasteiger partial charge in [0.1, 0.15) is 17.1 Å². The van der Waals surface area contributed by atoms with Crippen LogP contribution in [-0.2, 0) is 0 Å². The molecule has 1 aliphatic heterocycles. The number of hydrogen-bond donors (Lipinski definition) is 0. The van der Waals surface area contributed by atoms with E-state index in [1.54, 1.807) is 24.1 Å². The highest BCUT2D eigenvalue weighted by molar-refractivity contribution is 7.22. The Balaban J connectivity index is 1.50. The van der Waals surface area contributed by atoms with Crippen LogP contribution >= 0.6 is 34.5 Å². The highest BCUT2D eigenvalue weighted by Crippen LogP contribution is 2.38. The van der Waals surface area contributed by atoms with Crippen molar-refractivity contribution in [1.82, 2.24) is 9.88 Å². The fraction of sp³-hybridized carbons (Fsp3) is 0.263. The zero-order valence-corrected chi connectivity index (χ0v) is 17.2. The summed E-state index contributed by atoms with van der Waals surface area (Å²) in [6.45, 7) is 2.30. The molecular formula is C19H16Cl2FN3O2S. The number of aromatic nitrogens is 1. The summed E-state index contributed by atoms with van der Waals surface area (Å²) >= 11 is 13.8. The Morgan fingerprint density at radius 3 is 2.57 bits per heavy atom. The molecule has 146 valence electrons. The molecule has 5 nitrogen and oxygen atoms in total. The first-order valence-electron chi connectivity index (χ1n) is 8.60. The first kappa shape index (κ1) is 19.2. The van der Waals surface area contributed by atoms with Gasteiger partial charge in [-0.1, -0.05) is 34.5 Å². The van der Waals surface area contributed by atoms with E-state index >= 15 is 0 Å². The van der Waals surface area contributed by atoms with Crippen LogP contribution in [0.1, 0.15) is 10.4 Å². The fourth-order valence-electron chi connectivity index (χ4n) is 3.18. The molecule has 0 saturated carbocycles. The maximum absolute atomic E-state index is 13.2. The fourth-order valence-corrected chi connectivity index (χ4v) is 4.73. The van der Waals surface area contributed by atoms with Crippen LogP contribution < -0.4 is 9.64 Å². The number of amides is 1. The largest absolute Gasteiger partial charge is 0.494 e. The number of rotatable bonds is 3. The molecule has 2 aromatic carbocycles. The summed E-state index contributed by atoms with van der Waals surface area (Å²) in [5.74, 6) is 0.0247. The Labute approximate surface area is 175 Å². The van der Waals surface area contributed by atoms with Crippen LogP contribution in [0.3, 0.4) is 0 Å². The van der Waals surface area contributed by atoms with Crippen molar-refractivity contribution in [3.8, 4) is 5.75 Å². The van der Waals surface area contributed by atoms with Gasteiger partial charge in [-0.05, 0) is 30.3 Å². The zero-order chi connectivity index (χ0) is 19.8. The second-order valence-corrected chi connectivity index (χ2v) is 8.12. The number of ether oxygens (including phenoxy) is 1. The predicted octanol–water partition coefficient (Wildman–Crippen LogP) is 4.71. The number of piperazine rings is 1. The summed E-state index contributed by atoms with van der Waals surface area (Å²) in [7, 11) is 1.60. The van der Waals surface area contributed by atoms with E-state index in [9.17, 15) is 9.18 Å². The Morgan fingerprint density at radius 1 is 1.14 bits per heavy atom. The van der Waals surface area contributed by atoms with E-state index in [1.165, 1.54) is 23.5 Å². The van der Waals surface area contributed by atoms with Crippen LogP contribution in [-0.4, -0.2) is 49.1 Å². The molecule has 1 amide bonds. The molecule has 1 fully saturated rings. The lowest BCUT2D eigenvalue weighted by molar-refractivity contribution is 0.0747. The second kappa shape index (κ2) is 7.73. The normalized spacial score (nSPS) is 14.6. The van der Waals surface area contributed by atoms with Crippen molar-refractivity contribution in [2.24, 2.45) is 0 Å². The molecule has 1 saturated heterocycles. The van der Waals surface area contributed by atoms with Gasteiger partial charge in [0.15, 0.2) is 5.13 Å². The van der Waals surface area contributed by atoms with E-state index in [1.807, 2.05) is 0 Å². The van der Waals surface area contributed by atoms with Gasteiger partial charge in [0, 0.05) is 26.2 Å². The smallest absolute Gasteiger partial charge is 0.255 e. The van der Waals surface area contributed by atoms with Gasteiger partial charge in [0.25, 0.3) is 5.91 Å². The SMILES string of the molecule is COc1ccc(Cl)c2sc(N3CCN(C(=O)c4ccc(F)cc4Cl)CC3)nc12. The van der Waals surface area contributed by atoms with Crippen molar-refractivity contribution in [2.45, 2.75) is 0 Å². The molecule has 0 aliphatic carbocycles. The highest BCUT2D eigenvalue weighted by Gasteiger charge is 2.26. The minimum absolute atomic E-state index is 0.125. The summed E-state index contributed by atoms with van der Waals surface area (Å²) < 4.78 is 19.5. The number of carbonyl (C=O) groups is 1. The van der Waals surface area contributed by atoms with Gasteiger partial charge in [0.05, 0.1) is 27.4 Å². The number of thiazole rings is 1. The third-order valence-electron chi connectivity index (χ3n) is 4.67. The van der Waals surface area contributed by atoms with Crippen molar-refractivity contribution in [3.63, 3.8) is 0 Å². The summed E-state index contributed by atoms with van der Waals surface area (Å²) in [6, 6.07) is 7.43. The topological polar surface area (TPSA) is 45.7 Å². The summed E-state index contributed by atoms with van der Waals surface area (Å²) in [6.07, 6.45) is 0. The standard InChI is InChI=1S/C19H16Cl2FN3O2S/c1-27-15-5-4-13(20)17-16(15)23-19(28-17)25-8-6-24(7-9-25)18(26)12-3-2-11(22)10-14(12)21/h2-5,10H,6-9H2,1H3. The molecule has 0 radical (unpaired) electrons. The molecule has 0 atom stereocenters. The Bertz CT molecular complexity index is 1050. The number of carbonyl (C=O) groups excluding carboxylic acids is 1. The monoisotopic (exact) mass is 439 g/mol. The second-order valence-electron chi connectivity index (χ2n) is 6.33. The summed E-state index contributed by atoms with van der Waals surface area (Å²) in [4.78, 5) is 21.2. The Kier molecular flexibility index (Phi) is 5.31. The lowest BCUT2D eigenvalue weighted by Gasteiger charge is -2.34. The average Bonchev–Trinajstić information content (AvgIpc) is 3.14. The number of fused-ring (bicyclic) bond motifs is 1. The molecule has 0 bridgehead atoms. The van der Waals surface area contributed by atoms with Crippen molar-refractivity contribution < 1.29 is 13.9 Å². The maximum Gasteiger partial charge on any atom is 0.255 e. The summed E-state index contributed by atoms with van der Waals surface area (Å²) in [5.41, 5.74) is 1.06. The molecule has 4 rings (SSSR count). The number of hydrogen-bond acceptors (Lipinski definition) is 5. The molecule has 28 heavy (non-hydrogen) atoms. The lowest BCUT2D eigenvalue weighted by atomic mass is 10.1. The van der Waals surface area contributed by atoms with Gasteiger partial charge in [0.2, 0.25) is 0 Å². The average molecular weight is 440 g/mol. The van der Waals surface area contributed by atoms with Gasteiger partial charge in [-0.3, -0.25) is 4.79 Å². The van der Waals surface area contributed by atoms with Crippen LogP contribution in [0.15, 0.2) is 30.3 Å². The molecule has 1 aliphatic rings. The van der Waals surface area contributed by atoms with Crippen LogP contribution in [0, 0.1) is 5.82 Å². The maximum atomic E-state index is 13.2. The minimum atomic E-state index is -0.462. The van der Waals surface area contributed by atoms with Crippen LogP contribution in [0.4, 0.5) is 9.52 Å². The van der Waals surface area contributed by atoms with Crippen LogP contribution in [0.2, 0.25) is 10.0 Å². The quantitative estimate of drug-likeness (QED) is 0.592. The number of anilines is 1. The molecule has 3 aromatic rings. The van der Waals surface area contributed by atoms with E-state index in [0.717, 1.165) is 21.4 Å². The number of benzene rings is 2. The minimum Gasteiger partial charge on any atom is -0.494 e. The molecule has 1 aromatic heterocycles. The first-order valence-corrected chi connectivity index (χ1v) is 10.2. The van der Waals surface area contributed by atoms with E-state index in [2.05, 4.69) is 9.88 Å². The third kappa shape index (κ3) is 3.50. The van der Waals surface area contributed by atoms with Crippen molar-refractivity contribution in [1.29, 1.82) is 0 Å². The van der Waals surface area contributed by atoms with Gasteiger partial charge >= 0.3 is 0 Å². The van der Waals surface area contributed by atoms with E-state index in [0.29, 0.717) is 42.5 Å². The number of halogens is 3. The van der Waals surface area contributed by atoms with Gasteiger partial charge in [-0.2, -0.15) is 0 Å². The Morgan fingerprint density at radius 2 is 1.89 bits per heavy atom. The zero-order valence-electron chi connectivity index (χ0n) is 14.9. The van der Waals surface area contributed by atoms with E-state index in [-0.39, 0.29) is 10.9 Å². The van der Waals surface area contributed by atoms with Crippen LogP contribution in [0.5, 0.6) is 5.75 Å². The molecule has 2 heterocycles. The lowest BCUT2D eigenvalue weighted by Crippen LogP contribution is -2.48. The third-order valence-corrected chi connectivity index (χ3v) is 6.56. The van der Waals surface area contributed by atoms with Crippen molar-refractivity contribution >= 4 is 55.8 Å². The summed E-state index contributed by atoms with van der Waals surface area (Å²) in [5, 5.41) is 1.60. The molecule has 0 unspecified atom stereocenters. The van der Waals surface area contributed by atoms with Gasteiger partial charge in [-0.15, -0.1) is 0 Å². The van der Waals surface area contributed by atoms with E-state index < -0.39 is 5.82 Å².